The summed E-state index contributed by atoms with van der Waals surface area (Å²) >= 11 is 3.62. The van der Waals surface area contributed by atoms with E-state index in [2.05, 4.69) is 35.0 Å². The molecule has 1 fully saturated rings. The van der Waals surface area contributed by atoms with Crippen molar-refractivity contribution in [3.63, 3.8) is 0 Å². The van der Waals surface area contributed by atoms with Crippen molar-refractivity contribution in [1.82, 2.24) is 0 Å². The zero-order valence-corrected chi connectivity index (χ0v) is 12.4. The Morgan fingerprint density at radius 1 is 1.28 bits per heavy atom. The molecule has 1 atom stereocenters. The van der Waals surface area contributed by atoms with Gasteiger partial charge in [-0.05, 0) is 37.5 Å². The number of fused-ring (bicyclic) bond motifs is 1. The largest absolute Gasteiger partial charge is 0.490 e. The minimum absolute atomic E-state index is 0.184. The molecule has 0 spiro atoms. The van der Waals surface area contributed by atoms with Crippen LogP contribution in [-0.2, 0) is 12.0 Å². The Bertz CT molecular complexity index is 466. The van der Waals surface area contributed by atoms with Crippen LogP contribution in [-0.4, -0.2) is 6.10 Å². The van der Waals surface area contributed by atoms with Crippen molar-refractivity contribution in [2.24, 2.45) is 5.73 Å². The van der Waals surface area contributed by atoms with Crippen LogP contribution >= 0.6 is 15.9 Å². The SMILES string of the molecule is CC1Cc2cc(Br)cc(C3(N)CCCCC3)c2O1. The Hall–Kier alpha value is -0.540. The van der Waals surface area contributed by atoms with Gasteiger partial charge in [0.15, 0.2) is 0 Å². The molecule has 1 aromatic rings. The third-order valence-electron chi connectivity index (χ3n) is 4.24. The maximum Gasteiger partial charge on any atom is 0.128 e. The van der Waals surface area contributed by atoms with Crippen molar-refractivity contribution in [3.8, 4) is 5.75 Å². The fraction of sp³-hybridized carbons (Fsp3) is 0.600. The minimum atomic E-state index is -0.184. The number of benzene rings is 1. The first-order valence-corrected chi connectivity index (χ1v) is 7.66. The van der Waals surface area contributed by atoms with Gasteiger partial charge in [0.25, 0.3) is 0 Å². The zero-order chi connectivity index (χ0) is 12.8. The summed E-state index contributed by atoms with van der Waals surface area (Å²) in [5.74, 6) is 1.06. The molecular weight excluding hydrogens is 290 g/mol. The molecule has 0 bridgehead atoms. The highest BCUT2D eigenvalue weighted by atomic mass is 79.9. The van der Waals surface area contributed by atoms with E-state index in [1.54, 1.807) is 0 Å². The zero-order valence-electron chi connectivity index (χ0n) is 10.8. The summed E-state index contributed by atoms with van der Waals surface area (Å²) in [4.78, 5) is 0. The van der Waals surface area contributed by atoms with E-state index in [0.29, 0.717) is 0 Å². The van der Waals surface area contributed by atoms with Crippen LogP contribution in [0.3, 0.4) is 0 Å². The van der Waals surface area contributed by atoms with Crippen molar-refractivity contribution in [1.29, 1.82) is 0 Å². The molecule has 1 heterocycles. The first-order chi connectivity index (χ1) is 8.58. The van der Waals surface area contributed by atoms with E-state index in [0.717, 1.165) is 29.5 Å². The first kappa shape index (κ1) is 12.5. The van der Waals surface area contributed by atoms with Crippen molar-refractivity contribution >= 4 is 15.9 Å². The van der Waals surface area contributed by atoms with E-state index in [1.807, 2.05) is 0 Å². The number of halogens is 1. The molecule has 1 saturated carbocycles. The Morgan fingerprint density at radius 2 is 2.00 bits per heavy atom. The summed E-state index contributed by atoms with van der Waals surface area (Å²) < 4.78 is 7.14. The number of ether oxygens (including phenoxy) is 1. The van der Waals surface area contributed by atoms with Gasteiger partial charge in [-0.1, -0.05) is 35.2 Å². The number of nitrogens with two attached hydrogens (primary N) is 1. The fourth-order valence-corrected chi connectivity index (χ4v) is 3.82. The van der Waals surface area contributed by atoms with E-state index in [4.69, 9.17) is 10.5 Å². The smallest absolute Gasteiger partial charge is 0.128 e. The lowest BCUT2D eigenvalue weighted by molar-refractivity contribution is 0.237. The van der Waals surface area contributed by atoms with Crippen LogP contribution in [0.25, 0.3) is 0 Å². The molecule has 1 aliphatic carbocycles. The minimum Gasteiger partial charge on any atom is -0.490 e. The topological polar surface area (TPSA) is 35.2 Å². The molecule has 0 saturated heterocycles. The number of hydrogen-bond acceptors (Lipinski definition) is 2. The molecule has 0 radical (unpaired) electrons. The second-order valence-electron chi connectivity index (χ2n) is 5.79. The molecular formula is C15H20BrNO. The molecule has 1 aliphatic heterocycles. The average molecular weight is 310 g/mol. The van der Waals surface area contributed by atoms with Crippen LogP contribution < -0.4 is 10.5 Å². The Labute approximate surface area is 117 Å². The quantitative estimate of drug-likeness (QED) is 0.854. The van der Waals surface area contributed by atoms with Gasteiger partial charge < -0.3 is 10.5 Å². The Morgan fingerprint density at radius 3 is 2.72 bits per heavy atom. The van der Waals surface area contributed by atoms with Crippen LogP contribution in [0.4, 0.5) is 0 Å². The summed E-state index contributed by atoms with van der Waals surface area (Å²) in [7, 11) is 0. The van der Waals surface area contributed by atoms with Gasteiger partial charge in [0.2, 0.25) is 0 Å². The summed E-state index contributed by atoms with van der Waals surface area (Å²) in [5.41, 5.74) is 9.01. The lowest BCUT2D eigenvalue weighted by Gasteiger charge is -2.35. The van der Waals surface area contributed by atoms with Gasteiger partial charge in [-0.25, -0.2) is 0 Å². The highest BCUT2D eigenvalue weighted by Crippen LogP contribution is 2.44. The second-order valence-corrected chi connectivity index (χ2v) is 6.71. The summed E-state index contributed by atoms with van der Waals surface area (Å²) in [6.45, 7) is 2.13. The number of hydrogen-bond donors (Lipinski definition) is 1. The maximum atomic E-state index is 6.67. The van der Waals surface area contributed by atoms with Crippen molar-refractivity contribution in [3.05, 3.63) is 27.7 Å². The van der Waals surface area contributed by atoms with Crippen LogP contribution in [0.1, 0.15) is 50.2 Å². The third kappa shape index (κ3) is 2.08. The predicted octanol–water partition coefficient (Wildman–Crippen LogP) is 3.89. The van der Waals surface area contributed by atoms with Gasteiger partial charge in [-0.2, -0.15) is 0 Å². The van der Waals surface area contributed by atoms with E-state index in [-0.39, 0.29) is 11.6 Å². The monoisotopic (exact) mass is 309 g/mol. The van der Waals surface area contributed by atoms with Gasteiger partial charge in [-0.15, -0.1) is 0 Å². The van der Waals surface area contributed by atoms with E-state index in [1.165, 1.54) is 30.4 Å². The molecule has 3 heteroatoms. The van der Waals surface area contributed by atoms with Crippen LogP contribution in [0.5, 0.6) is 5.75 Å². The van der Waals surface area contributed by atoms with E-state index in [9.17, 15) is 0 Å². The molecule has 1 unspecified atom stereocenters. The van der Waals surface area contributed by atoms with Crippen molar-refractivity contribution in [2.45, 2.75) is 57.1 Å². The second kappa shape index (κ2) is 4.53. The van der Waals surface area contributed by atoms with Gasteiger partial charge in [0.1, 0.15) is 11.9 Å². The lowest BCUT2D eigenvalue weighted by Crippen LogP contribution is -2.39. The van der Waals surface area contributed by atoms with E-state index < -0.39 is 0 Å². The molecule has 98 valence electrons. The summed E-state index contributed by atoms with van der Waals surface area (Å²) in [6.07, 6.45) is 7.20. The third-order valence-corrected chi connectivity index (χ3v) is 4.70. The molecule has 0 aromatic heterocycles. The Kier molecular flexibility index (Phi) is 3.15. The average Bonchev–Trinajstić information content (AvgIpc) is 2.69. The van der Waals surface area contributed by atoms with E-state index >= 15 is 0 Å². The standard InChI is InChI=1S/C15H20BrNO/c1-10-7-11-8-12(16)9-13(14(11)18-10)15(17)5-3-2-4-6-15/h8-10H,2-7,17H2,1H3. The fourth-order valence-electron chi connectivity index (χ4n) is 3.32. The summed E-state index contributed by atoms with van der Waals surface area (Å²) in [6, 6.07) is 4.34. The van der Waals surface area contributed by atoms with Crippen molar-refractivity contribution in [2.75, 3.05) is 0 Å². The van der Waals surface area contributed by atoms with Crippen molar-refractivity contribution < 1.29 is 4.74 Å². The van der Waals surface area contributed by atoms with Gasteiger partial charge in [-0.3, -0.25) is 0 Å². The molecule has 3 rings (SSSR count). The van der Waals surface area contributed by atoms with Crippen LogP contribution in [0.2, 0.25) is 0 Å². The molecule has 2 aliphatic rings. The molecule has 0 amide bonds. The lowest BCUT2D eigenvalue weighted by atomic mass is 9.76. The van der Waals surface area contributed by atoms with Gasteiger partial charge >= 0.3 is 0 Å². The molecule has 2 N–H and O–H groups in total. The van der Waals surface area contributed by atoms with Crippen LogP contribution in [0, 0.1) is 0 Å². The van der Waals surface area contributed by atoms with Crippen LogP contribution in [0.15, 0.2) is 16.6 Å². The summed E-state index contributed by atoms with van der Waals surface area (Å²) in [5, 5.41) is 0. The number of rotatable bonds is 1. The predicted molar refractivity (Wildman–Crippen MR) is 76.9 cm³/mol. The van der Waals surface area contributed by atoms with Gasteiger partial charge in [0.05, 0.1) is 0 Å². The van der Waals surface area contributed by atoms with Gasteiger partial charge in [0, 0.05) is 22.0 Å². The molecule has 1 aromatic carbocycles. The maximum absolute atomic E-state index is 6.67. The molecule has 2 nitrogen and oxygen atoms in total. The normalized spacial score (nSPS) is 25.6. The molecule has 18 heavy (non-hydrogen) atoms. The highest BCUT2D eigenvalue weighted by molar-refractivity contribution is 9.10. The Balaban J connectivity index is 2.06. The first-order valence-electron chi connectivity index (χ1n) is 6.87. The highest BCUT2D eigenvalue weighted by Gasteiger charge is 2.35.